The van der Waals surface area contributed by atoms with Gasteiger partial charge in [-0.3, -0.25) is 4.57 Å². The second-order valence-electron chi connectivity index (χ2n) is 5.51. The summed E-state index contributed by atoms with van der Waals surface area (Å²) in [5, 5.41) is 0.331. The van der Waals surface area contributed by atoms with Crippen LogP contribution in [0.3, 0.4) is 0 Å². The third-order valence-corrected chi connectivity index (χ3v) is 5.33. The van der Waals surface area contributed by atoms with E-state index in [0.717, 1.165) is 16.7 Å². The molecule has 0 bridgehead atoms. The van der Waals surface area contributed by atoms with Crippen molar-refractivity contribution >= 4 is 18.5 Å². The highest BCUT2D eigenvalue weighted by Crippen LogP contribution is 2.42. The van der Waals surface area contributed by atoms with Gasteiger partial charge in [0.15, 0.2) is 0 Å². The normalized spacial score (nSPS) is 14.2. The van der Waals surface area contributed by atoms with Crippen LogP contribution in [-0.4, -0.2) is 10.6 Å². The minimum Gasteiger partial charge on any atom is -0.325 e. The first-order chi connectivity index (χ1) is 11.6. The summed E-state index contributed by atoms with van der Waals surface area (Å²) in [6.45, 7) is 1.75. The van der Waals surface area contributed by atoms with Gasteiger partial charge < -0.3 is 4.89 Å². The van der Waals surface area contributed by atoms with Crippen LogP contribution in [0.1, 0.15) is 12.5 Å². The number of hydrogen-bond donors (Lipinski definition) is 1. The lowest BCUT2D eigenvalue weighted by atomic mass is 10.1. The van der Waals surface area contributed by atoms with Crippen molar-refractivity contribution < 1.29 is 9.46 Å². The van der Waals surface area contributed by atoms with Gasteiger partial charge in [0.2, 0.25) is 0 Å². The fourth-order valence-electron chi connectivity index (χ4n) is 2.48. The lowest BCUT2D eigenvalue weighted by Gasteiger charge is -2.10. The number of benzene rings is 3. The summed E-state index contributed by atoms with van der Waals surface area (Å²) in [7, 11) is -3.79. The van der Waals surface area contributed by atoms with Crippen LogP contribution in [0.15, 0.2) is 89.7 Å². The number of nitrogens with zero attached hydrogens (tertiary/aromatic N) is 1. The molecule has 3 nitrogen and oxygen atoms in total. The predicted molar refractivity (Wildman–Crippen MR) is 100.0 cm³/mol. The van der Waals surface area contributed by atoms with Gasteiger partial charge in [-0.2, -0.15) is 0 Å². The van der Waals surface area contributed by atoms with Crippen molar-refractivity contribution in [3.05, 3.63) is 90.5 Å². The van der Waals surface area contributed by atoms with E-state index in [9.17, 15) is 9.46 Å². The summed E-state index contributed by atoms with van der Waals surface area (Å²) >= 11 is 0. The van der Waals surface area contributed by atoms with Gasteiger partial charge in [-0.05, 0) is 35.7 Å². The predicted octanol–water partition coefficient (Wildman–Crippen LogP) is 4.67. The van der Waals surface area contributed by atoms with Crippen molar-refractivity contribution in [2.45, 2.75) is 6.92 Å². The molecule has 1 unspecified atom stereocenters. The van der Waals surface area contributed by atoms with Crippen LogP contribution in [0.4, 0.5) is 0 Å². The Morgan fingerprint density at radius 1 is 0.792 bits per heavy atom. The second kappa shape index (κ2) is 6.96. The highest BCUT2D eigenvalue weighted by Gasteiger charge is 2.20. The zero-order valence-electron chi connectivity index (χ0n) is 13.3. The van der Waals surface area contributed by atoms with Crippen LogP contribution < -0.4 is 5.30 Å². The molecular formula is C20H18NO2P. The Labute approximate surface area is 141 Å². The van der Waals surface area contributed by atoms with E-state index in [1.807, 2.05) is 72.8 Å². The summed E-state index contributed by atoms with van der Waals surface area (Å²) in [6, 6.07) is 26.3. The molecule has 120 valence electrons. The zero-order chi connectivity index (χ0) is 17.0. The van der Waals surface area contributed by atoms with Crippen molar-refractivity contribution in [2.75, 3.05) is 0 Å². The molecule has 0 spiro atoms. The summed E-state index contributed by atoms with van der Waals surface area (Å²) in [5.41, 5.74) is 3.46. The largest absolute Gasteiger partial charge is 0.342 e. The van der Waals surface area contributed by atoms with Gasteiger partial charge in [0.05, 0.1) is 5.30 Å². The molecule has 0 aliphatic rings. The molecule has 1 N–H and O–H groups in total. The minimum absolute atomic E-state index is 0.331. The van der Waals surface area contributed by atoms with E-state index < -0.39 is 7.52 Å². The molecule has 0 amide bonds. The van der Waals surface area contributed by atoms with Gasteiger partial charge in [-0.1, -0.05) is 72.8 Å². The first-order valence-corrected chi connectivity index (χ1v) is 9.28. The Kier molecular flexibility index (Phi) is 4.75. The molecule has 0 heterocycles. The van der Waals surface area contributed by atoms with E-state index in [4.69, 9.17) is 0 Å². The van der Waals surface area contributed by atoms with Crippen LogP contribution in [0.5, 0.6) is 0 Å². The Bertz CT molecular complexity index is 888. The third-order valence-electron chi connectivity index (χ3n) is 3.79. The number of rotatable bonds is 4. The van der Waals surface area contributed by atoms with Gasteiger partial charge in [0.1, 0.15) is 0 Å². The maximum atomic E-state index is 12.6. The molecule has 4 heteroatoms. The van der Waals surface area contributed by atoms with Gasteiger partial charge >= 0.3 is 7.52 Å². The smallest absolute Gasteiger partial charge is 0.325 e. The SMILES string of the molecule is CC(=NP(=O)(O)c1ccc(-c2ccccc2)cc1)c1ccccc1. The van der Waals surface area contributed by atoms with E-state index in [1.54, 1.807) is 19.1 Å². The summed E-state index contributed by atoms with van der Waals surface area (Å²) in [4.78, 5) is 10.3. The minimum atomic E-state index is -3.79. The topological polar surface area (TPSA) is 49.7 Å². The van der Waals surface area contributed by atoms with Crippen LogP contribution in [-0.2, 0) is 4.57 Å². The molecular weight excluding hydrogens is 317 g/mol. The van der Waals surface area contributed by atoms with Crippen LogP contribution >= 0.6 is 7.52 Å². The molecule has 0 aromatic heterocycles. The van der Waals surface area contributed by atoms with Crippen molar-refractivity contribution in [1.29, 1.82) is 0 Å². The molecule has 0 radical (unpaired) electrons. The maximum Gasteiger partial charge on any atom is 0.342 e. The first kappa shape index (κ1) is 16.4. The Morgan fingerprint density at radius 2 is 1.29 bits per heavy atom. The average Bonchev–Trinajstić information content (AvgIpc) is 2.63. The Morgan fingerprint density at radius 3 is 1.88 bits per heavy atom. The molecule has 1 atom stereocenters. The molecule has 0 saturated heterocycles. The van der Waals surface area contributed by atoms with Gasteiger partial charge in [-0.25, -0.2) is 4.76 Å². The summed E-state index contributed by atoms with van der Waals surface area (Å²) < 4.78 is 16.7. The summed E-state index contributed by atoms with van der Waals surface area (Å²) in [5.74, 6) is 0. The van der Waals surface area contributed by atoms with Gasteiger partial charge in [0.25, 0.3) is 0 Å². The fourth-order valence-corrected chi connectivity index (χ4v) is 3.65. The monoisotopic (exact) mass is 335 g/mol. The van der Waals surface area contributed by atoms with Gasteiger partial charge in [-0.15, -0.1) is 0 Å². The quantitative estimate of drug-likeness (QED) is 0.556. The standard InChI is InChI=1S/C20H18NO2P/c1-16(17-8-4-2-5-9-17)21-24(22,23)20-14-12-19(13-15-20)18-10-6-3-7-11-18/h2-15H,1H3,(H,22,23). The van der Waals surface area contributed by atoms with Crippen molar-refractivity contribution in [2.24, 2.45) is 4.76 Å². The van der Waals surface area contributed by atoms with E-state index in [2.05, 4.69) is 4.76 Å². The molecule has 3 aromatic carbocycles. The molecule has 3 aromatic rings. The van der Waals surface area contributed by atoms with Crippen molar-refractivity contribution in [1.82, 2.24) is 0 Å². The van der Waals surface area contributed by atoms with E-state index in [1.165, 1.54) is 0 Å². The zero-order valence-corrected chi connectivity index (χ0v) is 14.2. The van der Waals surface area contributed by atoms with Crippen molar-refractivity contribution in [3.8, 4) is 11.1 Å². The van der Waals surface area contributed by atoms with Crippen LogP contribution in [0, 0.1) is 0 Å². The average molecular weight is 335 g/mol. The Balaban J connectivity index is 1.89. The van der Waals surface area contributed by atoms with E-state index >= 15 is 0 Å². The van der Waals surface area contributed by atoms with Crippen LogP contribution in [0.2, 0.25) is 0 Å². The van der Waals surface area contributed by atoms with E-state index in [-0.39, 0.29) is 0 Å². The third kappa shape index (κ3) is 3.70. The van der Waals surface area contributed by atoms with Crippen molar-refractivity contribution in [3.63, 3.8) is 0 Å². The first-order valence-electron chi connectivity index (χ1n) is 7.67. The lowest BCUT2D eigenvalue weighted by Crippen LogP contribution is -2.04. The summed E-state index contributed by atoms with van der Waals surface area (Å²) in [6.07, 6.45) is 0. The van der Waals surface area contributed by atoms with E-state index in [0.29, 0.717) is 11.0 Å². The molecule has 0 fully saturated rings. The van der Waals surface area contributed by atoms with Crippen LogP contribution in [0.25, 0.3) is 11.1 Å². The van der Waals surface area contributed by atoms with Gasteiger partial charge in [0, 0.05) is 5.71 Å². The highest BCUT2D eigenvalue weighted by atomic mass is 31.2. The molecule has 0 saturated carbocycles. The number of hydrogen-bond acceptors (Lipinski definition) is 1. The molecule has 0 aliphatic carbocycles. The lowest BCUT2D eigenvalue weighted by molar-refractivity contribution is 0.492. The Hall–Kier alpha value is -2.48. The molecule has 0 aliphatic heterocycles. The fraction of sp³-hybridized carbons (Fsp3) is 0.0500. The highest BCUT2D eigenvalue weighted by molar-refractivity contribution is 7.65. The molecule has 24 heavy (non-hydrogen) atoms. The molecule has 3 rings (SSSR count). The second-order valence-corrected chi connectivity index (χ2v) is 7.31. The maximum absolute atomic E-state index is 12.6.